The van der Waals surface area contributed by atoms with Crippen LogP contribution in [0.5, 0.6) is 0 Å². The first-order valence-electron chi connectivity index (χ1n) is 5.77. The second-order valence-electron chi connectivity index (χ2n) is 3.93. The Morgan fingerprint density at radius 1 is 1.60 bits per heavy atom. The minimum absolute atomic E-state index is 0.260. The van der Waals surface area contributed by atoms with Gasteiger partial charge in [-0.25, -0.2) is 9.18 Å². The summed E-state index contributed by atoms with van der Waals surface area (Å²) in [6, 6.07) is 4.99. The third-order valence-electron chi connectivity index (χ3n) is 2.56. The maximum Gasteiger partial charge on any atom is 0.326 e. The summed E-state index contributed by atoms with van der Waals surface area (Å²) in [6.07, 6.45) is 0.611. The predicted molar refractivity (Wildman–Crippen MR) is 72.5 cm³/mol. The first-order valence-corrected chi connectivity index (χ1v) is 6.92. The van der Waals surface area contributed by atoms with Gasteiger partial charge in [-0.15, -0.1) is 0 Å². The van der Waals surface area contributed by atoms with Crippen LogP contribution < -0.4 is 5.32 Å². The number of nitrogens with one attached hydrogen (secondary N) is 1. The highest BCUT2D eigenvalue weighted by atomic mass is 32.2. The van der Waals surface area contributed by atoms with Crippen molar-refractivity contribution in [2.75, 3.05) is 5.75 Å². The molecule has 0 bridgehead atoms. The Morgan fingerprint density at radius 2 is 2.35 bits per heavy atom. The SMILES string of the molecule is N#Cc1ccc(F)cc1CSCCC(NC=O)C(=O)O. The van der Waals surface area contributed by atoms with Gasteiger partial charge in [0, 0.05) is 5.75 Å². The Morgan fingerprint density at radius 3 is 2.95 bits per heavy atom. The maximum atomic E-state index is 13.1. The number of carboxylic acid groups (broad SMARTS) is 1. The van der Waals surface area contributed by atoms with Gasteiger partial charge in [-0.1, -0.05) is 0 Å². The molecule has 0 radical (unpaired) electrons. The summed E-state index contributed by atoms with van der Waals surface area (Å²) in [4.78, 5) is 21.0. The number of carbonyl (C=O) groups is 2. The summed E-state index contributed by atoms with van der Waals surface area (Å²) in [5.74, 6) is -0.625. The Labute approximate surface area is 119 Å². The van der Waals surface area contributed by atoms with Crippen LogP contribution in [0.2, 0.25) is 0 Å². The van der Waals surface area contributed by atoms with E-state index in [0.717, 1.165) is 0 Å². The van der Waals surface area contributed by atoms with Crippen molar-refractivity contribution < 1.29 is 19.1 Å². The summed E-state index contributed by atoms with van der Waals surface area (Å²) in [5, 5.41) is 19.9. The van der Waals surface area contributed by atoms with Gasteiger partial charge in [-0.3, -0.25) is 4.79 Å². The lowest BCUT2D eigenvalue weighted by Crippen LogP contribution is -2.36. The third kappa shape index (κ3) is 4.90. The monoisotopic (exact) mass is 296 g/mol. The highest BCUT2D eigenvalue weighted by Gasteiger charge is 2.15. The predicted octanol–water partition coefficient (Wildman–Crippen LogP) is 1.52. The van der Waals surface area contributed by atoms with Gasteiger partial charge in [-0.05, 0) is 35.9 Å². The molecule has 1 rings (SSSR count). The molecule has 1 amide bonds. The molecular weight excluding hydrogens is 283 g/mol. The van der Waals surface area contributed by atoms with Crippen molar-refractivity contribution in [3.05, 3.63) is 35.1 Å². The molecule has 1 aromatic rings. The summed E-state index contributed by atoms with van der Waals surface area (Å²) in [7, 11) is 0. The summed E-state index contributed by atoms with van der Waals surface area (Å²) >= 11 is 1.38. The normalized spacial score (nSPS) is 11.4. The van der Waals surface area contributed by atoms with Gasteiger partial charge in [0.2, 0.25) is 6.41 Å². The molecule has 0 fully saturated rings. The summed E-state index contributed by atoms with van der Waals surface area (Å²) in [5.41, 5.74) is 0.979. The molecular formula is C13H13FN2O3S. The van der Waals surface area contributed by atoms with Crippen LogP contribution in [0, 0.1) is 17.1 Å². The van der Waals surface area contributed by atoms with Crippen LogP contribution in [0.15, 0.2) is 18.2 Å². The van der Waals surface area contributed by atoms with Crippen LogP contribution in [0.4, 0.5) is 4.39 Å². The van der Waals surface area contributed by atoms with Crippen molar-refractivity contribution in [2.24, 2.45) is 0 Å². The fourth-order valence-corrected chi connectivity index (χ4v) is 2.54. The highest BCUT2D eigenvalue weighted by Crippen LogP contribution is 2.18. The highest BCUT2D eigenvalue weighted by molar-refractivity contribution is 7.98. The average Bonchev–Trinajstić information content (AvgIpc) is 2.42. The molecule has 1 aromatic carbocycles. The number of thioether (sulfide) groups is 1. The summed E-state index contributed by atoms with van der Waals surface area (Å²) in [6.45, 7) is 0. The molecule has 0 saturated heterocycles. The lowest BCUT2D eigenvalue weighted by Gasteiger charge is -2.10. The van der Waals surface area contributed by atoms with E-state index in [4.69, 9.17) is 10.4 Å². The van der Waals surface area contributed by atoms with Crippen molar-refractivity contribution in [2.45, 2.75) is 18.2 Å². The molecule has 0 spiro atoms. The van der Waals surface area contributed by atoms with Gasteiger partial charge < -0.3 is 10.4 Å². The molecule has 7 heteroatoms. The van der Waals surface area contributed by atoms with Gasteiger partial charge in [0.05, 0.1) is 11.6 Å². The van der Waals surface area contributed by atoms with Crippen molar-refractivity contribution in [3.8, 4) is 6.07 Å². The van der Waals surface area contributed by atoms with Crippen LogP contribution in [0.1, 0.15) is 17.5 Å². The topological polar surface area (TPSA) is 90.2 Å². The van der Waals surface area contributed by atoms with Crippen LogP contribution in [0.25, 0.3) is 0 Å². The number of aliphatic carboxylic acids is 1. The minimum Gasteiger partial charge on any atom is -0.480 e. The van der Waals surface area contributed by atoms with E-state index < -0.39 is 17.8 Å². The molecule has 0 heterocycles. The standard InChI is InChI=1S/C13H13FN2O3S/c14-11-2-1-9(6-15)10(5-11)7-20-4-3-12(13(18)19)16-8-17/h1-2,5,8,12H,3-4,7H2,(H,16,17)(H,18,19). The van der Waals surface area contributed by atoms with E-state index in [1.165, 1.54) is 30.0 Å². The van der Waals surface area contributed by atoms with Crippen LogP contribution in [-0.4, -0.2) is 29.3 Å². The van der Waals surface area contributed by atoms with Crippen LogP contribution >= 0.6 is 11.8 Å². The average molecular weight is 296 g/mol. The molecule has 20 heavy (non-hydrogen) atoms. The molecule has 5 nitrogen and oxygen atoms in total. The number of halogens is 1. The van der Waals surface area contributed by atoms with Gasteiger partial charge in [-0.2, -0.15) is 17.0 Å². The smallest absolute Gasteiger partial charge is 0.326 e. The fraction of sp³-hybridized carbons (Fsp3) is 0.308. The van der Waals surface area contributed by atoms with E-state index in [9.17, 15) is 14.0 Å². The molecule has 2 N–H and O–H groups in total. The zero-order valence-corrected chi connectivity index (χ0v) is 11.3. The van der Waals surface area contributed by atoms with E-state index in [0.29, 0.717) is 29.0 Å². The van der Waals surface area contributed by atoms with Crippen LogP contribution in [-0.2, 0) is 15.3 Å². The zero-order valence-electron chi connectivity index (χ0n) is 10.5. The van der Waals surface area contributed by atoms with Crippen molar-refractivity contribution in [1.82, 2.24) is 5.32 Å². The number of nitrogens with zero attached hydrogens (tertiary/aromatic N) is 1. The van der Waals surface area contributed by atoms with Gasteiger partial charge in [0.25, 0.3) is 0 Å². The van der Waals surface area contributed by atoms with Crippen LogP contribution in [0.3, 0.4) is 0 Å². The lowest BCUT2D eigenvalue weighted by molar-refractivity contribution is -0.140. The van der Waals surface area contributed by atoms with Gasteiger partial charge >= 0.3 is 5.97 Å². The Bertz CT molecular complexity index is 531. The number of benzene rings is 1. The van der Waals surface area contributed by atoms with Gasteiger partial charge in [0.1, 0.15) is 11.9 Å². The van der Waals surface area contributed by atoms with E-state index >= 15 is 0 Å². The Hall–Kier alpha value is -2.07. The second kappa shape index (κ2) is 8.17. The van der Waals surface area contributed by atoms with E-state index in [1.54, 1.807) is 0 Å². The number of rotatable bonds is 8. The first kappa shape index (κ1) is 16.0. The fourth-order valence-electron chi connectivity index (χ4n) is 1.53. The van der Waals surface area contributed by atoms with E-state index in [1.807, 2.05) is 6.07 Å². The van der Waals surface area contributed by atoms with Crippen molar-refractivity contribution in [3.63, 3.8) is 0 Å². The van der Waals surface area contributed by atoms with Crippen molar-refractivity contribution in [1.29, 1.82) is 5.26 Å². The zero-order chi connectivity index (χ0) is 15.0. The molecule has 0 saturated carbocycles. The molecule has 106 valence electrons. The minimum atomic E-state index is -1.10. The first-order chi connectivity index (χ1) is 9.58. The Kier molecular flexibility index (Phi) is 6.53. The number of carbonyl (C=O) groups excluding carboxylic acids is 1. The molecule has 0 aliphatic heterocycles. The van der Waals surface area contributed by atoms with E-state index in [-0.39, 0.29) is 6.42 Å². The molecule has 0 aliphatic carbocycles. The quantitative estimate of drug-likeness (QED) is 0.560. The number of hydrogen-bond acceptors (Lipinski definition) is 4. The third-order valence-corrected chi connectivity index (χ3v) is 3.60. The number of carboxylic acids is 1. The van der Waals surface area contributed by atoms with Gasteiger partial charge in [0.15, 0.2) is 0 Å². The Balaban J connectivity index is 2.48. The molecule has 0 aromatic heterocycles. The lowest BCUT2D eigenvalue weighted by atomic mass is 10.1. The molecule has 1 unspecified atom stereocenters. The van der Waals surface area contributed by atoms with Crippen molar-refractivity contribution >= 4 is 24.1 Å². The number of nitriles is 1. The second-order valence-corrected chi connectivity index (χ2v) is 5.04. The molecule has 0 aliphatic rings. The van der Waals surface area contributed by atoms with E-state index in [2.05, 4.69) is 5.32 Å². The molecule has 1 atom stereocenters. The number of amides is 1. The maximum absolute atomic E-state index is 13.1. The largest absolute Gasteiger partial charge is 0.480 e. The number of hydrogen-bond donors (Lipinski definition) is 2. The summed E-state index contributed by atoms with van der Waals surface area (Å²) < 4.78 is 13.1.